The summed E-state index contributed by atoms with van der Waals surface area (Å²) >= 11 is 0. The molecule has 0 aliphatic carbocycles. The maximum atomic E-state index is 7.42. The van der Waals surface area contributed by atoms with Crippen molar-refractivity contribution in [1.29, 1.82) is 0 Å². The number of nitrogens with zero attached hydrogens (tertiary/aromatic N) is 4. The summed E-state index contributed by atoms with van der Waals surface area (Å²) in [5.74, 6) is 0. The van der Waals surface area contributed by atoms with E-state index >= 15 is 0 Å². The van der Waals surface area contributed by atoms with Crippen LogP contribution in [0.1, 0.15) is 0 Å². The van der Waals surface area contributed by atoms with Crippen LogP contribution >= 0.6 is 0 Å². The van der Waals surface area contributed by atoms with Crippen LogP contribution in [0.2, 0.25) is 0 Å². The van der Waals surface area contributed by atoms with E-state index in [-0.39, 0.29) is 0 Å². The Morgan fingerprint density at radius 1 is 0.306 bits per heavy atom. The highest BCUT2D eigenvalue weighted by atomic mass is 15.2. The average Bonchev–Trinajstić information content (AvgIpc) is 4.07. The molecule has 340 valence electrons. The number of rotatable bonds is 9. The molecule has 0 spiro atoms. The van der Waals surface area contributed by atoms with Crippen LogP contribution in [0.5, 0.6) is 0 Å². The Hall–Kier alpha value is -9.78. The van der Waals surface area contributed by atoms with Crippen molar-refractivity contribution in [2.24, 2.45) is 0 Å². The van der Waals surface area contributed by atoms with E-state index in [1.54, 1.807) is 0 Å². The minimum Gasteiger partial charge on any atom is -0.398 e. The summed E-state index contributed by atoms with van der Waals surface area (Å²) < 4.78 is 7.09. The summed E-state index contributed by atoms with van der Waals surface area (Å²) in [6, 6.07) is 93.3. The number of aromatic nitrogens is 3. The third-order valence-electron chi connectivity index (χ3n) is 14.3. The highest BCUT2D eigenvalue weighted by Gasteiger charge is 2.24. The van der Waals surface area contributed by atoms with Gasteiger partial charge in [0.1, 0.15) is 0 Å². The summed E-state index contributed by atoms with van der Waals surface area (Å²) in [6.45, 7) is 0. The topological polar surface area (TPSA) is 56.1 Å². The van der Waals surface area contributed by atoms with Crippen molar-refractivity contribution in [2.75, 3.05) is 16.0 Å². The zero-order valence-corrected chi connectivity index (χ0v) is 39.2. The summed E-state index contributed by atoms with van der Waals surface area (Å²) in [6.07, 6.45) is 0. The van der Waals surface area contributed by atoms with Crippen molar-refractivity contribution in [3.05, 3.63) is 261 Å². The molecule has 0 aliphatic rings. The molecule has 0 saturated heterocycles. The maximum Gasteiger partial charge on any atom is 0.0581 e. The number of hydrogen-bond acceptors (Lipinski definition) is 3. The fourth-order valence-corrected chi connectivity index (χ4v) is 11.2. The van der Waals surface area contributed by atoms with Crippen LogP contribution in [0.4, 0.5) is 34.1 Å². The smallest absolute Gasteiger partial charge is 0.0581 e. The quantitative estimate of drug-likeness (QED) is 0.142. The molecule has 14 aromatic rings. The Morgan fingerprint density at radius 3 is 1.14 bits per heavy atom. The van der Waals surface area contributed by atoms with Crippen molar-refractivity contribution in [3.63, 3.8) is 0 Å². The molecule has 6 heteroatoms. The fourth-order valence-electron chi connectivity index (χ4n) is 11.2. The van der Waals surface area contributed by atoms with Gasteiger partial charge in [-0.15, -0.1) is 0 Å². The lowest BCUT2D eigenvalue weighted by Crippen LogP contribution is -2.13. The van der Waals surface area contributed by atoms with Gasteiger partial charge in [-0.2, -0.15) is 0 Å². The van der Waals surface area contributed by atoms with E-state index in [9.17, 15) is 0 Å². The second-order valence-corrected chi connectivity index (χ2v) is 18.5. The number of anilines is 6. The van der Waals surface area contributed by atoms with Gasteiger partial charge in [0, 0.05) is 83.4 Å². The number of nitrogens with two attached hydrogens (primary N) is 1. The van der Waals surface area contributed by atoms with Gasteiger partial charge in [-0.05, 0) is 127 Å². The molecule has 0 atom stereocenters. The molecule has 3 heterocycles. The van der Waals surface area contributed by atoms with E-state index in [1.165, 1.54) is 21.5 Å². The van der Waals surface area contributed by atoms with E-state index < -0.39 is 0 Å². The zero-order valence-electron chi connectivity index (χ0n) is 39.2. The predicted molar refractivity (Wildman–Crippen MR) is 304 cm³/mol. The van der Waals surface area contributed by atoms with E-state index in [1.807, 2.05) is 0 Å². The second kappa shape index (κ2) is 16.7. The minimum atomic E-state index is 0.663. The Kier molecular flexibility index (Phi) is 9.57. The number of fused-ring (bicyclic) bond motifs is 9. The predicted octanol–water partition coefficient (Wildman–Crippen LogP) is 17.4. The van der Waals surface area contributed by atoms with Gasteiger partial charge in [0.05, 0.1) is 38.8 Å². The Morgan fingerprint density at radius 2 is 0.681 bits per heavy atom. The monoisotopic (exact) mass is 922 g/mol. The number of hydrogen-bond donors (Lipinski definition) is 2. The fraction of sp³-hybridized carbons (Fsp3) is 0. The van der Waals surface area contributed by atoms with Crippen molar-refractivity contribution >= 4 is 99.5 Å². The van der Waals surface area contributed by atoms with Crippen molar-refractivity contribution in [3.8, 4) is 28.2 Å². The molecule has 0 aliphatic heterocycles. The Labute approximate surface area is 416 Å². The molecule has 3 aromatic heterocycles. The molecule has 11 aromatic carbocycles. The number of para-hydroxylation sites is 6. The first kappa shape index (κ1) is 41.2. The SMILES string of the molecule is Nc1cc(Nc2ccc3c(c2)c2ccccc2n3-c2ccccc2)cc(N(c2ccc3c(c2)c2ccccc2n3-c2ccccc2)c2ccc3c(c2)c2ccccc2n3-c2ccccc2)c1-c1ccccc1. The molecule has 3 N–H and O–H groups in total. The van der Waals surface area contributed by atoms with Crippen LogP contribution < -0.4 is 16.0 Å². The summed E-state index contributed by atoms with van der Waals surface area (Å²) in [5.41, 5.74) is 25.1. The van der Waals surface area contributed by atoms with Gasteiger partial charge >= 0.3 is 0 Å². The normalized spacial score (nSPS) is 11.7. The van der Waals surface area contributed by atoms with Crippen molar-refractivity contribution in [1.82, 2.24) is 13.7 Å². The van der Waals surface area contributed by atoms with E-state index in [0.29, 0.717) is 5.69 Å². The molecule has 0 saturated carbocycles. The molecule has 0 radical (unpaired) electrons. The lowest BCUT2D eigenvalue weighted by Gasteiger charge is -2.30. The van der Waals surface area contributed by atoms with Gasteiger partial charge in [-0.25, -0.2) is 0 Å². The standard InChI is InChI=1S/C66H46N6/c67-58-40-46(68-45-33-36-62-55(39-45)52-27-13-16-30-59(52)70(62)47-21-7-2-8-22-47)41-65(66(58)44-19-5-1-6-20-44)69(50-34-37-63-56(42-50)53-28-14-17-31-60(53)71(63)48-23-9-3-10-24-48)51-35-38-64-57(43-51)54-29-15-18-32-61(54)72(64)49-25-11-4-12-26-49/h1-43,68H,67H2. The van der Waals surface area contributed by atoms with Crippen LogP contribution in [0.3, 0.4) is 0 Å². The molecule has 0 bridgehead atoms. The number of nitrogen functional groups attached to an aromatic ring is 1. The maximum absolute atomic E-state index is 7.42. The first-order chi connectivity index (χ1) is 35.6. The summed E-state index contributed by atoms with van der Waals surface area (Å²) in [5, 5.41) is 10.9. The van der Waals surface area contributed by atoms with Gasteiger partial charge in [-0.3, -0.25) is 0 Å². The van der Waals surface area contributed by atoms with Gasteiger partial charge in [-0.1, -0.05) is 140 Å². The van der Waals surface area contributed by atoms with Crippen LogP contribution in [-0.4, -0.2) is 13.7 Å². The number of benzene rings is 11. The largest absolute Gasteiger partial charge is 0.398 e. The van der Waals surface area contributed by atoms with Crippen LogP contribution in [0.15, 0.2) is 261 Å². The average molecular weight is 923 g/mol. The highest BCUT2D eigenvalue weighted by Crippen LogP contribution is 2.48. The lowest BCUT2D eigenvalue weighted by atomic mass is 9.98. The summed E-state index contributed by atoms with van der Waals surface area (Å²) in [4.78, 5) is 2.41. The first-order valence-electron chi connectivity index (χ1n) is 24.5. The Bertz CT molecular complexity index is 4200. The van der Waals surface area contributed by atoms with Crippen LogP contribution in [-0.2, 0) is 0 Å². The summed E-state index contributed by atoms with van der Waals surface area (Å²) in [7, 11) is 0. The Balaban J connectivity index is 1.01. The van der Waals surface area contributed by atoms with Crippen molar-refractivity contribution in [2.45, 2.75) is 0 Å². The van der Waals surface area contributed by atoms with Gasteiger partial charge in [0.25, 0.3) is 0 Å². The van der Waals surface area contributed by atoms with Crippen LogP contribution in [0.25, 0.3) is 93.6 Å². The van der Waals surface area contributed by atoms with E-state index in [4.69, 9.17) is 5.73 Å². The van der Waals surface area contributed by atoms with Crippen LogP contribution in [0, 0.1) is 0 Å². The highest BCUT2D eigenvalue weighted by molar-refractivity contribution is 6.14. The molecule has 14 rings (SSSR count). The van der Waals surface area contributed by atoms with Crippen molar-refractivity contribution < 1.29 is 0 Å². The van der Waals surface area contributed by atoms with E-state index in [2.05, 4.69) is 285 Å². The van der Waals surface area contributed by atoms with Gasteiger partial charge in [0.15, 0.2) is 0 Å². The third-order valence-corrected chi connectivity index (χ3v) is 14.3. The zero-order chi connectivity index (χ0) is 47.7. The third kappa shape index (κ3) is 6.65. The molecule has 0 amide bonds. The molecule has 6 nitrogen and oxygen atoms in total. The second-order valence-electron chi connectivity index (χ2n) is 18.5. The lowest BCUT2D eigenvalue weighted by molar-refractivity contribution is 1.18. The number of nitrogens with one attached hydrogen (secondary N) is 1. The minimum absolute atomic E-state index is 0.663. The van der Waals surface area contributed by atoms with Gasteiger partial charge in [0.2, 0.25) is 0 Å². The molecule has 72 heavy (non-hydrogen) atoms. The molecule has 0 unspecified atom stereocenters. The van der Waals surface area contributed by atoms with E-state index in [0.717, 1.165) is 100 Å². The van der Waals surface area contributed by atoms with Gasteiger partial charge < -0.3 is 29.7 Å². The molecular weight excluding hydrogens is 877 g/mol. The molecular formula is C66H46N6. The molecule has 0 fully saturated rings. The first-order valence-corrected chi connectivity index (χ1v) is 24.5.